The highest BCUT2D eigenvalue weighted by Crippen LogP contribution is 2.29. The monoisotopic (exact) mass is 391 g/mol. The number of likely N-dealkylation sites (N-methyl/N-ethyl adjacent to an activating group) is 1. The SMILES string of the molecule is CCOc1cc(C(=O)N(CC)C(C)Cc2ccsc2)ccc1OCC(=O)O. The molecule has 1 aromatic carbocycles. The van der Waals surface area contributed by atoms with E-state index >= 15 is 0 Å². The van der Waals surface area contributed by atoms with Crippen molar-refractivity contribution < 1.29 is 24.2 Å². The maximum atomic E-state index is 13.0. The number of rotatable bonds is 10. The Hall–Kier alpha value is -2.54. The lowest BCUT2D eigenvalue weighted by Crippen LogP contribution is -2.39. The van der Waals surface area contributed by atoms with Crippen molar-refractivity contribution in [2.45, 2.75) is 33.2 Å². The van der Waals surface area contributed by atoms with Crippen molar-refractivity contribution in [1.82, 2.24) is 4.90 Å². The summed E-state index contributed by atoms with van der Waals surface area (Å²) < 4.78 is 10.8. The zero-order valence-electron chi connectivity index (χ0n) is 15.8. The molecule has 0 aliphatic rings. The Bertz CT molecular complexity index is 760. The number of thiophene rings is 1. The van der Waals surface area contributed by atoms with Crippen LogP contribution in [0.3, 0.4) is 0 Å². The van der Waals surface area contributed by atoms with Gasteiger partial charge >= 0.3 is 5.97 Å². The van der Waals surface area contributed by atoms with E-state index in [2.05, 4.69) is 11.4 Å². The number of carboxylic acid groups (broad SMARTS) is 1. The van der Waals surface area contributed by atoms with E-state index in [1.165, 1.54) is 5.56 Å². The lowest BCUT2D eigenvalue weighted by molar-refractivity contribution is -0.139. The smallest absolute Gasteiger partial charge is 0.341 e. The van der Waals surface area contributed by atoms with Crippen LogP contribution in [0.15, 0.2) is 35.0 Å². The average Bonchev–Trinajstić information content (AvgIpc) is 3.14. The van der Waals surface area contributed by atoms with E-state index in [4.69, 9.17) is 14.6 Å². The number of nitrogens with zero attached hydrogens (tertiary/aromatic N) is 1. The summed E-state index contributed by atoms with van der Waals surface area (Å²) >= 11 is 1.65. The number of carbonyl (C=O) groups excluding carboxylic acids is 1. The van der Waals surface area contributed by atoms with Crippen molar-refractivity contribution in [3.8, 4) is 11.5 Å². The Kier molecular flexibility index (Phi) is 7.67. The van der Waals surface area contributed by atoms with Crippen LogP contribution in [-0.4, -0.2) is 47.7 Å². The van der Waals surface area contributed by atoms with E-state index < -0.39 is 12.6 Å². The van der Waals surface area contributed by atoms with Crippen LogP contribution in [-0.2, 0) is 11.2 Å². The number of benzene rings is 1. The molecule has 2 rings (SSSR count). The van der Waals surface area contributed by atoms with Crippen LogP contribution in [0.4, 0.5) is 0 Å². The quantitative estimate of drug-likeness (QED) is 0.668. The number of amides is 1. The third-order valence-electron chi connectivity index (χ3n) is 4.09. The fourth-order valence-corrected chi connectivity index (χ4v) is 3.53. The highest BCUT2D eigenvalue weighted by Gasteiger charge is 2.22. The number of hydrogen-bond acceptors (Lipinski definition) is 5. The van der Waals surface area contributed by atoms with Crippen molar-refractivity contribution in [2.75, 3.05) is 19.8 Å². The van der Waals surface area contributed by atoms with Crippen LogP contribution >= 0.6 is 11.3 Å². The van der Waals surface area contributed by atoms with E-state index in [9.17, 15) is 9.59 Å². The number of aliphatic carboxylic acids is 1. The molecule has 1 heterocycles. The third-order valence-corrected chi connectivity index (χ3v) is 4.82. The predicted octanol–water partition coefficient (Wildman–Crippen LogP) is 3.70. The number of ether oxygens (including phenoxy) is 2. The maximum absolute atomic E-state index is 13.0. The normalized spacial score (nSPS) is 11.7. The van der Waals surface area contributed by atoms with Gasteiger partial charge in [-0.1, -0.05) is 0 Å². The van der Waals surface area contributed by atoms with Crippen LogP contribution in [0.25, 0.3) is 0 Å². The maximum Gasteiger partial charge on any atom is 0.341 e. The van der Waals surface area contributed by atoms with Crippen LogP contribution in [0.5, 0.6) is 11.5 Å². The molecule has 1 aromatic heterocycles. The Morgan fingerprint density at radius 2 is 1.96 bits per heavy atom. The first-order valence-corrected chi connectivity index (χ1v) is 9.84. The van der Waals surface area contributed by atoms with Crippen molar-refractivity contribution in [1.29, 1.82) is 0 Å². The van der Waals surface area contributed by atoms with Gasteiger partial charge in [-0.2, -0.15) is 11.3 Å². The van der Waals surface area contributed by atoms with Crippen molar-refractivity contribution >= 4 is 23.2 Å². The molecule has 0 aliphatic carbocycles. The molecule has 0 bridgehead atoms. The predicted molar refractivity (Wildman–Crippen MR) is 105 cm³/mol. The number of hydrogen-bond donors (Lipinski definition) is 1. The molecule has 0 fully saturated rings. The van der Waals surface area contributed by atoms with Gasteiger partial charge in [0, 0.05) is 18.2 Å². The molecule has 1 amide bonds. The lowest BCUT2D eigenvalue weighted by Gasteiger charge is -2.28. The fraction of sp³-hybridized carbons (Fsp3) is 0.400. The second-order valence-electron chi connectivity index (χ2n) is 6.05. The topological polar surface area (TPSA) is 76.1 Å². The highest BCUT2D eigenvalue weighted by atomic mass is 32.1. The first-order valence-electron chi connectivity index (χ1n) is 8.89. The molecule has 0 aliphatic heterocycles. The summed E-state index contributed by atoms with van der Waals surface area (Å²) in [6.45, 7) is 6.31. The molecule has 2 aromatic rings. The fourth-order valence-electron chi connectivity index (χ4n) is 2.85. The molecule has 146 valence electrons. The van der Waals surface area contributed by atoms with Crippen LogP contribution in [0, 0.1) is 0 Å². The summed E-state index contributed by atoms with van der Waals surface area (Å²) in [5.41, 5.74) is 1.70. The van der Waals surface area contributed by atoms with Gasteiger partial charge in [0.2, 0.25) is 0 Å². The van der Waals surface area contributed by atoms with Crippen LogP contribution in [0.2, 0.25) is 0 Å². The third kappa shape index (κ3) is 5.72. The largest absolute Gasteiger partial charge is 0.490 e. The van der Waals surface area contributed by atoms with Crippen molar-refractivity contribution in [3.05, 3.63) is 46.2 Å². The van der Waals surface area contributed by atoms with Gasteiger partial charge in [0.15, 0.2) is 18.1 Å². The van der Waals surface area contributed by atoms with Gasteiger partial charge in [0.1, 0.15) is 0 Å². The van der Waals surface area contributed by atoms with E-state index in [0.717, 1.165) is 6.42 Å². The standard InChI is InChI=1S/C20H25NO5S/c1-4-21(14(3)10-15-8-9-27-13-15)20(24)16-6-7-17(26-12-19(22)23)18(11-16)25-5-2/h6-9,11,13-14H,4-5,10,12H2,1-3H3,(H,22,23). The lowest BCUT2D eigenvalue weighted by atomic mass is 10.1. The molecule has 0 spiro atoms. The summed E-state index contributed by atoms with van der Waals surface area (Å²) in [6, 6.07) is 6.96. The Morgan fingerprint density at radius 3 is 2.56 bits per heavy atom. The second kappa shape index (κ2) is 9.97. The van der Waals surface area contributed by atoms with Crippen molar-refractivity contribution in [3.63, 3.8) is 0 Å². The summed E-state index contributed by atoms with van der Waals surface area (Å²) in [7, 11) is 0. The summed E-state index contributed by atoms with van der Waals surface area (Å²) in [5, 5.41) is 12.9. The molecule has 0 radical (unpaired) electrons. The zero-order chi connectivity index (χ0) is 19.8. The average molecular weight is 391 g/mol. The van der Waals surface area contributed by atoms with Gasteiger partial charge in [-0.15, -0.1) is 0 Å². The minimum absolute atomic E-state index is 0.0515. The van der Waals surface area contributed by atoms with Crippen LogP contribution in [0.1, 0.15) is 36.7 Å². The molecule has 7 heteroatoms. The van der Waals surface area contributed by atoms with Gasteiger partial charge in [-0.05, 0) is 67.8 Å². The van der Waals surface area contributed by atoms with E-state index in [1.54, 1.807) is 29.5 Å². The van der Waals surface area contributed by atoms with E-state index in [1.807, 2.05) is 31.1 Å². The van der Waals surface area contributed by atoms with Gasteiger partial charge in [-0.3, -0.25) is 4.79 Å². The summed E-state index contributed by atoms with van der Waals surface area (Å²) in [4.78, 5) is 25.6. The molecule has 1 unspecified atom stereocenters. The molecular weight excluding hydrogens is 366 g/mol. The molecule has 6 nitrogen and oxygen atoms in total. The highest BCUT2D eigenvalue weighted by molar-refractivity contribution is 7.07. The summed E-state index contributed by atoms with van der Waals surface area (Å²) in [6.07, 6.45) is 0.793. The molecule has 1 atom stereocenters. The first kappa shape index (κ1) is 20.8. The molecular formula is C20H25NO5S. The molecule has 27 heavy (non-hydrogen) atoms. The Morgan fingerprint density at radius 1 is 1.19 bits per heavy atom. The van der Waals surface area contributed by atoms with Crippen molar-refractivity contribution in [2.24, 2.45) is 0 Å². The summed E-state index contributed by atoms with van der Waals surface area (Å²) in [5.74, 6) is -0.487. The molecule has 0 saturated heterocycles. The van der Waals surface area contributed by atoms with E-state index in [-0.39, 0.29) is 11.9 Å². The Labute approximate surface area is 163 Å². The van der Waals surface area contributed by atoms with E-state index in [0.29, 0.717) is 30.2 Å². The number of carbonyl (C=O) groups is 2. The zero-order valence-corrected chi connectivity index (χ0v) is 16.6. The minimum Gasteiger partial charge on any atom is -0.490 e. The molecule has 1 N–H and O–H groups in total. The van der Waals surface area contributed by atoms with Gasteiger partial charge in [-0.25, -0.2) is 4.79 Å². The second-order valence-corrected chi connectivity index (χ2v) is 6.83. The van der Waals surface area contributed by atoms with Gasteiger partial charge < -0.3 is 19.5 Å². The van der Waals surface area contributed by atoms with Gasteiger partial charge in [0.05, 0.1) is 6.61 Å². The van der Waals surface area contributed by atoms with Crippen LogP contribution < -0.4 is 9.47 Å². The van der Waals surface area contributed by atoms with Gasteiger partial charge in [0.25, 0.3) is 5.91 Å². The first-order chi connectivity index (χ1) is 13.0. The Balaban J connectivity index is 2.19. The number of carboxylic acids is 1. The molecule has 0 saturated carbocycles. The minimum atomic E-state index is -1.07.